The predicted octanol–water partition coefficient (Wildman–Crippen LogP) is 1.82. The zero-order valence-electron chi connectivity index (χ0n) is 10.3. The standard InChI is InChI=1S/C12H19NO3/c1-5-13-8-10-11(15-3)6-9(14-2)7-12(10)16-4/h6-7,13H,5,8H2,1-4H3. The number of hydrogen-bond donors (Lipinski definition) is 1. The molecule has 1 rings (SSSR count). The summed E-state index contributed by atoms with van der Waals surface area (Å²) in [4.78, 5) is 0. The molecule has 1 N–H and O–H groups in total. The van der Waals surface area contributed by atoms with Crippen molar-refractivity contribution in [2.45, 2.75) is 13.5 Å². The Labute approximate surface area is 96.5 Å². The van der Waals surface area contributed by atoms with Gasteiger partial charge in [0, 0.05) is 18.7 Å². The van der Waals surface area contributed by atoms with Crippen molar-refractivity contribution in [3.8, 4) is 17.2 Å². The van der Waals surface area contributed by atoms with Crippen molar-refractivity contribution in [1.82, 2.24) is 5.32 Å². The van der Waals surface area contributed by atoms with E-state index < -0.39 is 0 Å². The number of benzene rings is 1. The maximum atomic E-state index is 5.33. The van der Waals surface area contributed by atoms with Crippen LogP contribution in [0.2, 0.25) is 0 Å². The first-order valence-electron chi connectivity index (χ1n) is 5.26. The summed E-state index contributed by atoms with van der Waals surface area (Å²) in [6, 6.07) is 3.71. The molecule has 0 atom stereocenters. The molecule has 90 valence electrons. The van der Waals surface area contributed by atoms with Gasteiger partial charge in [0.05, 0.1) is 26.9 Å². The highest BCUT2D eigenvalue weighted by Gasteiger charge is 2.12. The second-order valence-corrected chi connectivity index (χ2v) is 3.29. The van der Waals surface area contributed by atoms with Gasteiger partial charge in [-0.25, -0.2) is 0 Å². The molecule has 1 aromatic carbocycles. The highest BCUT2D eigenvalue weighted by Crippen LogP contribution is 2.33. The third kappa shape index (κ3) is 2.79. The van der Waals surface area contributed by atoms with E-state index in [0.29, 0.717) is 6.54 Å². The number of hydrogen-bond acceptors (Lipinski definition) is 4. The normalized spacial score (nSPS) is 10.0. The van der Waals surface area contributed by atoms with Gasteiger partial charge in [-0.1, -0.05) is 6.92 Å². The third-order valence-corrected chi connectivity index (χ3v) is 2.37. The van der Waals surface area contributed by atoms with Gasteiger partial charge in [-0.05, 0) is 6.54 Å². The highest BCUT2D eigenvalue weighted by molar-refractivity contribution is 5.50. The number of methoxy groups -OCH3 is 3. The zero-order valence-corrected chi connectivity index (χ0v) is 10.3. The lowest BCUT2D eigenvalue weighted by Gasteiger charge is -2.15. The summed E-state index contributed by atoms with van der Waals surface area (Å²) in [7, 11) is 4.91. The van der Waals surface area contributed by atoms with Crippen molar-refractivity contribution in [2.75, 3.05) is 27.9 Å². The molecule has 4 heteroatoms. The van der Waals surface area contributed by atoms with E-state index in [1.807, 2.05) is 12.1 Å². The summed E-state index contributed by atoms with van der Waals surface area (Å²) in [5.41, 5.74) is 1.01. The number of rotatable bonds is 6. The number of nitrogens with one attached hydrogen (secondary N) is 1. The van der Waals surface area contributed by atoms with E-state index in [1.54, 1.807) is 21.3 Å². The van der Waals surface area contributed by atoms with E-state index in [0.717, 1.165) is 29.4 Å². The Balaban J connectivity index is 3.09. The molecule has 0 aliphatic heterocycles. The summed E-state index contributed by atoms with van der Waals surface area (Å²) < 4.78 is 15.8. The zero-order chi connectivity index (χ0) is 12.0. The van der Waals surface area contributed by atoms with Crippen LogP contribution >= 0.6 is 0 Å². The molecular formula is C12H19NO3. The highest BCUT2D eigenvalue weighted by atomic mass is 16.5. The molecule has 16 heavy (non-hydrogen) atoms. The van der Waals surface area contributed by atoms with Gasteiger partial charge in [-0.2, -0.15) is 0 Å². The van der Waals surface area contributed by atoms with Crippen LogP contribution in [0.5, 0.6) is 17.2 Å². The van der Waals surface area contributed by atoms with Gasteiger partial charge in [0.2, 0.25) is 0 Å². The molecule has 0 fully saturated rings. The van der Waals surface area contributed by atoms with Crippen LogP contribution in [0.1, 0.15) is 12.5 Å². The van der Waals surface area contributed by atoms with Crippen molar-refractivity contribution in [1.29, 1.82) is 0 Å². The summed E-state index contributed by atoms with van der Waals surface area (Å²) in [5.74, 6) is 2.28. The molecule has 0 heterocycles. The quantitative estimate of drug-likeness (QED) is 0.801. The minimum Gasteiger partial charge on any atom is -0.496 e. The van der Waals surface area contributed by atoms with Crippen LogP contribution in [0, 0.1) is 0 Å². The van der Waals surface area contributed by atoms with Gasteiger partial charge in [-0.3, -0.25) is 0 Å². The van der Waals surface area contributed by atoms with Gasteiger partial charge < -0.3 is 19.5 Å². The average Bonchev–Trinajstić information content (AvgIpc) is 2.35. The minimum atomic E-state index is 0.715. The van der Waals surface area contributed by atoms with Crippen LogP contribution in [0.4, 0.5) is 0 Å². The largest absolute Gasteiger partial charge is 0.496 e. The first-order valence-corrected chi connectivity index (χ1v) is 5.26. The Kier molecular flexibility index (Phi) is 4.92. The Morgan fingerprint density at radius 3 is 1.94 bits per heavy atom. The summed E-state index contributed by atoms with van der Waals surface area (Å²) in [6.07, 6.45) is 0. The second-order valence-electron chi connectivity index (χ2n) is 3.29. The van der Waals surface area contributed by atoms with Crippen molar-refractivity contribution in [2.24, 2.45) is 0 Å². The maximum absolute atomic E-state index is 5.33. The van der Waals surface area contributed by atoms with Crippen LogP contribution in [-0.2, 0) is 6.54 Å². The van der Waals surface area contributed by atoms with Crippen LogP contribution in [0.15, 0.2) is 12.1 Å². The fourth-order valence-electron chi connectivity index (χ4n) is 1.50. The lowest BCUT2D eigenvalue weighted by atomic mass is 10.1. The molecule has 0 spiro atoms. The van der Waals surface area contributed by atoms with Gasteiger partial charge >= 0.3 is 0 Å². The average molecular weight is 225 g/mol. The Hall–Kier alpha value is -1.42. The molecular weight excluding hydrogens is 206 g/mol. The second kappa shape index (κ2) is 6.23. The van der Waals surface area contributed by atoms with Gasteiger partial charge in [0.15, 0.2) is 0 Å². The summed E-state index contributed by atoms with van der Waals surface area (Å²) >= 11 is 0. The van der Waals surface area contributed by atoms with Crippen LogP contribution in [0.3, 0.4) is 0 Å². The Morgan fingerprint density at radius 2 is 1.56 bits per heavy atom. The van der Waals surface area contributed by atoms with Crippen LogP contribution < -0.4 is 19.5 Å². The van der Waals surface area contributed by atoms with E-state index in [-0.39, 0.29) is 0 Å². The maximum Gasteiger partial charge on any atom is 0.130 e. The van der Waals surface area contributed by atoms with Gasteiger partial charge in [0.25, 0.3) is 0 Å². The molecule has 0 saturated carbocycles. The molecule has 0 saturated heterocycles. The Bertz CT molecular complexity index is 314. The van der Waals surface area contributed by atoms with Gasteiger partial charge in [0.1, 0.15) is 17.2 Å². The fraction of sp³-hybridized carbons (Fsp3) is 0.500. The van der Waals surface area contributed by atoms with Crippen molar-refractivity contribution in [3.05, 3.63) is 17.7 Å². The molecule has 0 radical (unpaired) electrons. The van der Waals surface area contributed by atoms with Crippen LogP contribution in [0.25, 0.3) is 0 Å². The molecule has 0 aliphatic rings. The topological polar surface area (TPSA) is 39.7 Å². The first-order chi connectivity index (χ1) is 7.76. The van der Waals surface area contributed by atoms with Crippen molar-refractivity contribution in [3.63, 3.8) is 0 Å². The summed E-state index contributed by atoms with van der Waals surface area (Å²) in [5, 5.41) is 3.25. The molecule has 0 aromatic heterocycles. The fourth-order valence-corrected chi connectivity index (χ4v) is 1.50. The van der Waals surface area contributed by atoms with Crippen LogP contribution in [-0.4, -0.2) is 27.9 Å². The molecule has 0 unspecified atom stereocenters. The van der Waals surface area contributed by atoms with E-state index in [4.69, 9.17) is 14.2 Å². The van der Waals surface area contributed by atoms with Crippen molar-refractivity contribution < 1.29 is 14.2 Å². The van der Waals surface area contributed by atoms with E-state index >= 15 is 0 Å². The lowest BCUT2D eigenvalue weighted by molar-refractivity contribution is 0.367. The first kappa shape index (κ1) is 12.6. The molecule has 4 nitrogen and oxygen atoms in total. The van der Waals surface area contributed by atoms with E-state index in [2.05, 4.69) is 12.2 Å². The molecule has 0 bridgehead atoms. The minimum absolute atomic E-state index is 0.715. The third-order valence-electron chi connectivity index (χ3n) is 2.37. The molecule has 1 aromatic rings. The van der Waals surface area contributed by atoms with E-state index in [1.165, 1.54) is 0 Å². The van der Waals surface area contributed by atoms with Gasteiger partial charge in [-0.15, -0.1) is 0 Å². The SMILES string of the molecule is CCNCc1c(OC)cc(OC)cc1OC. The van der Waals surface area contributed by atoms with Crippen molar-refractivity contribution >= 4 is 0 Å². The smallest absolute Gasteiger partial charge is 0.130 e. The molecule has 0 amide bonds. The number of ether oxygens (including phenoxy) is 3. The predicted molar refractivity (Wildman–Crippen MR) is 63.5 cm³/mol. The lowest BCUT2D eigenvalue weighted by Crippen LogP contribution is -2.13. The molecule has 0 aliphatic carbocycles. The monoisotopic (exact) mass is 225 g/mol. The Morgan fingerprint density at radius 1 is 1.00 bits per heavy atom. The summed E-state index contributed by atoms with van der Waals surface area (Å²) in [6.45, 7) is 3.67. The van der Waals surface area contributed by atoms with E-state index in [9.17, 15) is 0 Å².